The molecule has 0 saturated carbocycles. The Labute approximate surface area is 98.8 Å². The van der Waals surface area contributed by atoms with E-state index < -0.39 is 0 Å². The molecular weight excluding hydrogens is 202 g/mol. The molecule has 0 aromatic rings. The summed E-state index contributed by atoms with van der Waals surface area (Å²) >= 11 is 0. The maximum atomic E-state index is 11.4. The van der Waals surface area contributed by atoms with E-state index in [0.29, 0.717) is 18.6 Å². The third-order valence-corrected chi connectivity index (χ3v) is 3.36. The van der Waals surface area contributed by atoms with Gasteiger partial charge in [0, 0.05) is 45.2 Å². The summed E-state index contributed by atoms with van der Waals surface area (Å²) in [7, 11) is 0. The molecule has 1 fully saturated rings. The first-order valence-corrected chi connectivity index (χ1v) is 6.27. The van der Waals surface area contributed by atoms with Crippen LogP contribution in [-0.4, -0.2) is 54.0 Å². The van der Waals surface area contributed by atoms with Crippen LogP contribution in [0.3, 0.4) is 0 Å². The topological polar surface area (TPSA) is 49.6 Å². The number of hydrogen-bond donors (Lipinski definition) is 1. The van der Waals surface area contributed by atoms with Crippen molar-refractivity contribution in [2.45, 2.75) is 45.7 Å². The lowest BCUT2D eigenvalue weighted by molar-refractivity contribution is -0.131. The van der Waals surface area contributed by atoms with Crippen molar-refractivity contribution >= 4 is 5.91 Å². The van der Waals surface area contributed by atoms with Crippen molar-refractivity contribution in [3.63, 3.8) is 0 Å². The van der Waals surface area contributed by atoms with Gasteiger partial charge in [0.05, 0.1) is 0 Å². The molecule has 1 aliphatic heterocycles. The Morgan fingerprint density at radius 1 is 1.56 bits per heavy atom. The summed E-state index contributed by atoms with van der Waals surface area (Å²) in [4.78, 5) is 15.8. The highest BCUT2D eigenvalue weighted by atomic mass is 16.2. The molecule has 16 heavy (non-hydrogen) atoms. The molecule has 0 spiro atoms. The van der Waals surface area contributed by atoms with E-state index in [1.54, 1.807) is 6.92 Å². The number of amides is 1. The molecule has 1 heterocycles. The fraction of sp³-hybridized carbons (Fsp3) is 0.917. The van der Waals surface area contributed by atoms with E-state index in [9.17, 15) is 4.79 Å². The van der Waals surface area contributed by atoms with Gasteiger partial charge in [-0.15, -0.1) is 0 Å². The minimum atomic E-state index is 0.196. The van der Waals surface area contributed by atoms with Gasteiger partial charge in [-0.2, -0.15) is 0 Å². The monoisotopic (exact) mass is 227 g/mol. The average Bonchev–Trinajstić information content (AvgIpc) is 2.25. The molecule has 1 amide bonds. The molecule has 94 valence electrons. The molecule has 1 saturated heterocycles. The third kappa shape index (κ3) is 3.46. The number of nitrogens with two attached hydrogens (primary N) is 1. The van der Waals surface area contributed by atoms with Gasteiger partial charge in [0.1, 0.15) is 0 Å². The first kappa shape index (κ1) is 13.5. The van der Waals surface area contributed by atoms with Gasteiger partial charge in [-0.25, -0.2) is 0 Å². The highest BCUT2D eigenvalue weighted by Gasteiger charge is 2.27. The average molecular weight is 227 g/mol. The minimum Gasteiger partial charge on any atom is -0.341 e. The summed E-state index contributed by atoms with van der Waals surface area (Å²) in [5, 5.41) is 0. The Kier molecular flexibility index (Phi) is 5.22. The van der Waals surface area contributed by atoms with Gasteiger partial charge < -0.3 is 10.6 Å². The van der Waals surface area contributed by atoms with Crippen molar-refractivity contribution in [3.05, 3.63) is 0 Å². The molecule has 0 bridgehead atoms. The molecule has 1 atom stereocenters. The molecule has 4 nitrogen and oxygen atoms in total. The molecule has 1 aliphatic rings. The Balaban J connectivity index is 2.59. The van der Waals surface area contributed by atoms with Crippen LogP contribution in [0.1, 0.15) is 33.6 Å². The van der Waals surface area contributed by atoms with Gasteiger partial charge in [0.2, 0.25) is 5.91 Å². The maximum absolute atomic E-state index is 11.4. The highest BCUT2D eigenvalue weighted by Crippen LogP contribution is 2.17. The fourth-order valence-corrected chi connectivity index (χ4v) is 2.52. The Hall–Kier alpha value is -0.610. The van der Waals surface area contributed by atoms with Crippen molar-refractivity contribution in [1.29, 1.82) is 0 Å². The minimum absolute atomic E-state index is 0.196. The van der Waals surface area contributed by atoms with Crippen molar-refractivity contribution < 1.29 is 4.79 Å². The van der Waals surface area contributed by atoms with Crippen molar-refractivity contribution in [3.8, 4) is 0 Å². The zero-order valence-electron chi connectivity index (χ0n) is 10.8. The fourth-order valence-electron chi connectivity index (χ4n) is 2.52. The van der Waals surface area contributed by atoms with Crippen LogP contribution >= 0.6 is 0 Å². The number of piperidine rings is 1. The van der Waals surface area contributed by atoms with Gasteiger partial charge in [-0.3, -0.25) is 9.69 Å². The van der Waals surface area contributed by atoms with E-state index in [0.717, 1.165) is 26.1 Å². The Morgan fingerprint density at radius 2 is 2.25 bits per heavy atom. The van der Waals surface area contributed by atoms with Gasteiger partial charge in [0.15, 0.2) is 0 Å². The predicted octanol–water partition coefficient (Wildman–Crippen LogP) is 0.666. The smallest absolute Gasteiger partial charge is 0.219 e. The summed E-state index contributed by atoms with van der Waals surface area (Å²) in [6.07, 6.45) is 2.29. The van der Waals surface area contributed by atoms with E-state index in [2.05, 4.69) is 18.7 Å². The molecule has 0 aromatic heterocycles. The van der Waals surface area contributed by atoms with E-state index in [1.807, 2.05) is 4.90 Å². The Bertz CT molecular complexity index is 230. The summed E-state index contributed by atoms with van der Waals surface area (Å²) in [5.41, 5.74) is 5.65. The maximum Gasteiger partial charge on any atom is 0.219 e. The lowest BCUT2D eigenvalue weighted by Gasteiger charge is -2.41. The summed E-state index contributed by atoms with van der Waals surface area (Å²) in [5.74, 6) is 0.196. The molecule has 0 aliphatic carbocycles. The number of carbonyl (C=O) groups is 1. The predicted molar refractivity (Wildman–Crippen MR) is 66.2 cm³/mol. The van der Waals surface area contributed by atoms with Gasteiger partial charge >= 0.3 is 0 Å². The molecule has 0 unspecified atom stereocenters. The molecule has 0 radical (unpaired) electrons. The summed E-state index contributed by atoms with van der Waals surface area (Å²) in [6.45, 7) is 9.45. The molecule has 2 N–H and O–H groups in total. The lowest BCUT2D eigenvalue weighted by atomic mass is 10.0. The van der Waals surface area contributed by atoms with Crippen LogP contribution in [0.5, 0.6) is 0 Å². The van der Waals surface area contributed by atoms with Crippen molar-refractivity contribution in [2.24, 2.45) is 5.73 Å². The second-order valence-electron chi connectivity index (χ2n) is 4.88. The second kappa shape index (κ2) is 6.21. The number of rotatable bonds is 4. The zero-order chi connectivity index (χ0) is 12.1. The first-order valence-electron chi connectivity index (χ1n) is 6.27. The Morgan fingerprint density at radius 3 is 2.75 bits per heavy atom. The number of hydrogen-bond acceptors (Lipinski definition) is 3. The standard InChI is InChI=1S/C12H25N3O/c1-10(2)15(8-6-13)12-5-4-7-14(9-12)11(3)16/h10,12H,4-9,13H2,1-3H3/t12-/m0/s1. The van der Waals surface area contributed by atoms with E-state index >= 15 is 0 Å². The van der Waals surface area contributed by atoms with E-state index in [-0.39, 0.29) is 5.91 Å². The van der Waals surface area contributed by atoms with E-state index in [1.165, 1.54) is 6.42 Å². The molecule has 1 rings (SSSR count). The van der Waals surface area contributed by atoms with Crippen LogP contribution in [0, 0.1) is 0 Å². The normalized spacial score (nSPS) is 21.9. The third-order valence-electron chi connectivity index (χ3n) is 3.36. The second-order valence-corrected chi connectivity index (χ2v) is 4.88. The summed E-state index contributed by atoms with van der Waals surface area (Å²) < 4.78 is 0. The van der Waals surface area contributed by atoms with E-state index in [4.69, 9.17) is 5.73 Å². The highest BCUT2D eigenvalue weighted by molar-refractivity contribution is 5.73. The van der Waals surface area contributed by atoms with Crippen molar-refractivity contribution in [1.82, 2.24) is 9.80 Å². The quantitative estimate of drug-likeness (QED) is 0.768. The van der Waals surface area contributed by atoms with Gasteiger partial charge in [0.25, 0.3) is 0 Å². The molecule has 0 aromatic carbocycles. The number of nitrogens with zero attached hydrogens (tertiary/aromatic N) is 2. The van der Waals surface area contributed by atoms with Crippen LogP contribution in [0.15, 0.2) is 0 Å². The van der Waals surface area contributed by atoms with Crippen LogP contribution in [0.25, 0.3) is 0 Å². The molecule has 4 heteroatoms. The SMILES string of the molecule is CC(=O)N1CCC[C@H](N(CCN)C(C)C)C1. The number of likely N-dealkylation sites (tertiary alicyclic amines) is 1. The van der Waals surface area contributed by atoms with Crippen LogP contribution < -0.4 is 5.73 Å². The zero-order valence-corrected chi connectivity index (χ0v) is 10.8. The van der Waals surface area contributed by atoms with Crippen LogP contribution in [-0.2, 0) is 4.79 Å². The first-order chi connectivity index (χ1) is 7.56. The number of carbonyl (C=O) groups excluding carboxylic acids is 1. The van der Waals surface area contributed by atoms with Gasteiger partial charge in [-0.05, 0) is 26.7 Å². The van der Waals surface area contributed by atoms with Gasteiger partial charge in [-0.1, -0.05) is 0 Å². The molecular formula is C12H25N3O. The van der Waals surface area contributed by atoms with Crippen molar-refractivity contribution in [2.75, 3.05) is 26.2 Å². The lowest BCUT2D eigenvalue weighted by Crippen LogP contribution is -2.52. The van der Waals surface area contributed by atoms with Crippen LogP contribution in [0.2, 0.25) is 0 Å². The summed E-state index contributed by atoms with van der Waals surface area (Å²) in [6, 6.07) is 0.988. The largest absolute Gasteiger partial charge is 0.341 e. The van der Waals surface area contributed by atoms with Crippen LogP contribution in [0.4, 0.5) is 0 Å².